The molecule has 19 heavy (non-hydrogen) atoms. The number of benzene rings is 1. The van der Waals surface area contributed by atoms with Crippen molar-refractivity contribution < 1.29 is 9.53 Å². The summed E-state index contributed by atoms with van der Waals surface area (Å²) < 4.78 is 4.86. The zero-order chi connectivity index (χ0) is 13.0. The summed E-state index contributed by atoms with van der Waals surface area (Å²) in [6.07, 6.45) is 2.08. The van der Waals surface area contributed by atoms with Crippen molar-refractivity contribution in [3.63, 3.8) is 0 Å². The van der Waals surface area contributed by atoms with Gasteiger partial charge in [0.2, 0.25) is 5.91 Å². The van der Waals surface area contributed by atoms with E-state index < -0.39 is 6.04 Å². The first-order valence-electron chi connectivity index (χ1n) is 6.29. The predicted octanol–water partition coefficient (Wildman–Crippen LogP) is 0.913. The highest BCUT2D eigenvalue weighted by Gasteiger charge is 2.22. The number of nitrogens with one attached hydrogen (secondary N) is 1. The molecule has 1 aliphatic carbocycles. The van der Waals surface area contributed by atoms with Crippen LogP contribution in [0.1, 0.15) is 11.1 Å². The third-order valence-electron chi connectivity index (χ3n) is 3.38. The Hall–Kier alpha value is -1.10. The molecule has 4 nitrogen and oxygen atoms in total. The van der Waals surface area contributed by atoms with Crippen molar-refractivity contribution in [3.8, 4) is 0 Å². The van der Waals surface area contributed by atoms with Gasteiger partial charge in [-0.15, -0.1) is 12.4 Å². The first-order valence-corrected chi connectivity index (χ1v) is 6.29. The predicted molar refractivity (Wildman–Crippen MR) is 77.4 cm³/mol. The number of amides is 1. The molecule has 1 amide bonds. The molecule has 0 heterocycles. The van der Waals surface area contributed by atoms with Crippen molar-refractivity contribution in [2.45, 2.75) is 18.9 Å². The number of ether oxygens (including phenoxy) is 1. The number of carbonyl (C=O) groups is 1. The summed E-state index contributed by atoms with van der Waals surface area (Å²) in [5, 5.41) is 2.90. The van der Waals surface area contributed by atoms with E-state index in [1.165, 1.54) is 11.1 Å². The lowest BCUT2D eigenvalue weighted by Gasteiger charge is -2.14. The molecule has 0 bridgehead atoms. The fraction of sp³-hybridized carbons (Fsp3) is 0.500. The largest absolute Gasteiger partial charge is 0.383 e. The van der Waals surface area contributed by atoms with Gasteiger partial charge in [-0.3, -0.25) is 4.79 Å². The Bertz CT molecular complexity index is 401. The van der Waals surface area contributed by atoms with Crippen molar-refractivity contribution in [3.05, 3.63) is 35.4 Å². The Morgan fingerprint density at radius 2 is 2.00 bits per heavy atom. The average Bonchev–Trinajstić information content (AvgIpc) is 2.78. The van der Waals surface area contributed by atoms with Gasteiger partial charge < -0.3 is 15.8 Å². The lowest BCUT2D eigenvalue weighted by Crippen LogP contribution is -2.45. The van der Waals surface area contributed by atoms with Crippen LogP contribution in [0.3, 0.4) is 0 Å². The first kappa shape index (κ1) is 16.0. The lowest BCUT2D eigenvalue weighted by molar-refractivity contribution is -0.123. The van der Waals surface area contributed by atoms with E-state index in [4.69, 9.17) is 10.5 Å². The highest BCUT2D eigenvalue weighted by molar-refractivity contribution is 5.85. The highest BCUT2D eigenvalue weighted by Crippen LogP contribution is 2.25. The normalized spacial score (nSPS) is 15.5. The number of methoxy groups -OCH3 is 1. The summed E-state index contributed by atoms with van der Waals surface area (Å²) in [7, 11) is 1.54. The van der Waals surface area contributed by atoms with Gasteiger partial charge in [0.05, 0.1) is 6.61 Å². The molecule has 1 aromatic rings. The van der Waals surface area contributed by atoms with Crippen LogP contribution in [0.15, 0.2) is 24.3 Å². The average molecular weight is 285 g/mol. The topological polar surface area (TPSA) is 64.3 Å². The summed E-state index contributed by atoms with van der Waals surface area (Å²) >= 11 is 0. The monoisotopic (exact) mass is 284 g/mol. The van der Waals surface area contributed by atoms with Gasteiger partial charge in [0.15, 0.2) is 0 Å². The van der Waals surface area contributed by atoms with Crippen molar-refractivity contribution >= 4 is 18.3 Å². The van der Waals surface area contributed by atoms with Crippen molar-refractivity contribution in [1.29, 1.82) is 0 Å². The SMILES string of the molecule is COCC(N)C(=O)NCC1Cc2ccccc2C1.Cl. The molecule has 0 radical (unpaired) electrons. The van der Waals surface area contributed by atoms with Crippen LogP contribution in [-0.2, 0) is 22.4 Å². The minimum absolute atomic E-state index is 0. The van der Waals surface area contributed by atoms with Gasteiger partial charge >= 0.3 is 0 Å². The van der Waals surface area contributed by atoms with E-state index in [1.54, 1.807) is 7.11 Å². The third-order valence-corrected chi connectivity index (χ3v) is 3.38. The first-order chi connectivity index (χ1) is 8.70. The molecule has 5 heteroatoms. The van der Waals surface area contributed by atoms with Gasteiger partial charge in [0.25, 0.3) is 0 Å². The minimum atomic E-state index is -0.571. The summed E-state index contributed by atoms with van der Waals surface area (Å²) in [6, 6.07) is 7.88. The summed E-state index contributed by atoms with van der Waals surface area (Å²) in [5.41, 5.74) is 8.46. The van der Waals surface area contributed by atoms with Crippen LogP contribution in [0.25, 0.3) is 0 Å². The number of hydrogen-bond acceptors (Lipinski definition) is 3. The molecule has 0 spiro atoms. The number of fused-ring (bicyclic) bond motifs is 1. The Labute approximate surface area is 120 Å². The Morgan fingerprint density at radius 3 is 2.53 bits per heavy atom. The standard InChI is InChI=1S/C14H20N2O2.ClH/c1-18-9-13(15)14(17)16-8-10-6-11-4-2-3-5-12(11)7-10;/h2-5,10,13H,6-9,15H2,1H3,(H,16,17);1H. The Kier molecular flexibility index (Phi) is 6.28. The smallest absolute Gasteiger partial charge is 0.239 e. The van der Waals surface area contributed by atoms with Crippen LogP contribution in [0.4, 0.5) is 0 Å². The van der Waals surface area contributed by atoms with Crippen LogP contribution in [0.5, 0.6) is 0 Å². The molecule has 0 fully saturated rings. The number of carbonyl (C=O) groups excluding carboxylic acids is 1. The zero-order valence-corrected chi connectivity index (χ0v) is 11.9. The van der Waals surface area contributed by atoms with Crippen LogP contribution < -0.4 is 11.1 Å². The molecule has 106 valence electrons. The number of hydrogen-bond donors (Lipinski definition) is 2. The minimum Gasteiger partial charge on any atom is -0.383 e. The van der Waals surface area contributed by atoms with Gasteiger partial charge in [0, 0.05) is 13.7 Å². The molecule has 0 saturated carbocycles. The fourth-order valence-electron chi connectivity index (χ4n) is 2.43. The number of halogens is 1. The van der Waals surface area contributed by atoms with E-state index in [0.717, 1.165) is 12.8 Å². The van der Waals surface area contributed by atoms with E-state index >= 15 is 0 Å². The Morgan fingerprint density at radius 1 is 1.42 bits per heavy atom. The second-order valence-corrected chi connectivity index (χ2v) is 4.85. The molecule has 2 rings (SSSR count). The number of nitrogens with two attached hydrogens (primary N) is 1. The maximum atomic E-state index is 11.6. The van der Waals surface area contributed by atoms with Gasteiger partial charge in [0.1, 0.15) is 6.04 Å². The molecular formula is C14H21ClN2O2. The lowest BCUT2D eigenvalue weighted by atomic mass is 10.1. The maximum Gasteiger partial charge on any atom is 0.239 e. The Balaban J connectivity index is 0.00000180. The second kappa shape index (κ2) is 7.48. The molecule has 0 saturated heterocycles. The van der Waals surface area contributed by atoms with Crippen molar-refractivity contribution in [2.75, 3.05) is 20.3 Å². The van der Waals surface area contributed by atoms with Gasteiger partial charge in [-0.25, -0.2) is 0 Å². The molecule has 1 atom stereocenters. The molecule has 1 aromatic carbocycles. The highest BCUT2D eigenvalue weighted by atomic mass is 35.5. The van der Waals surface area contributed by atoms with E-state index in [9.17, 15) is 4.79 Å². The maximum absolute atomic E-state index is 11.6. The van der Waals surface area contributed by atoms with Crippen LogP contribution in [-0.4, -0.2) is 32.2 Å². The molecule has 1 aliphatic rings. The van der Waals surface area contributed by atoms with Crippen LogP contribution in [0, 0.1) is 5.92 Å². The molecule has 3 N–H and O–H groups in total. The van der Waals surface area contributed by atoms with E-state index in [-0.39, 0.29) is 24.9 Å². The van der Waals surface area contributed by atoms with Crippen LogP contribution in [0.2, 0.25) is 0 Å². The summed E-state index contributed by atoms with van der Waals surface area (Å²) in [5.74, 6) is 0.355. The van der Waals surface area contributed by atoms with Crippen molar-refractivity contribution in [2.24, 2.45) is 11.7 Å². The molecular weight excluding hydrogens is 264 g/mol. The molecule has 1 unspecified atom stereocenters. The van der Waals surface area contributed by atoms with Gasteiger partial charge in [-0.1, -0.05) is 24.3 Å². The van der Waals surface area contributed by atoms with E-state index in [2.05, 4.69) is 29.6 Å². The quantitative estimate of drug-likeness (QED) is 0.845. The molecule has 0 aliphatic heterocycles. The second-order valence-electron chi connectivity index (χ2n) is 4.85. The zero-order valence-electron chi connectivity index (χ0n) is 11.1. The molecule has 0 aromatic heterocycles. The number of rotatable bonds is 5. The van der Waals surface area contributed by atoms with Crippen molar-refractivity contribution in [1.82, 2.24) is 5.32 Å². The van der Waals surface area contributed by atoms with Gasteiger partial charge in [-0.2, -0.15) is 0 Å². The van der Waals surface area contributed by atoms with E-state index in [0.29, 0.717) is 12.5 Å². The van der Waals surface area contributed by atoms with E-state index in [1.807, 2.05) is 0 Å². The van der Waals surface area contributed by atoms with Crippen LogP contribution >= 0.6 is 12.4 Å². The summed E-state index contributed by atoms with van der Waals surface area (Å²) in [4.78, 5) is 11.6. The third kappa shape index (κ3) is 4.20. The fourth-order valence-corrected chi connectivity index (χ4v) is 2.43. The summed E-state index contributed by atoms with van der Waals surface area (Å²) in [6.45, 7) is 0.946. The van der Waals surface area contributed by atoms with Gasteiger partial charge in [-0.05, 0) is 29.9 Å².